The molecule has 3 nitrogen and oxygen atoms in total. The molecule has 0 atom stereocenters. The van der Waals surface area contributed by atoms with Crippen LogP contribution in [0.25, 0.3) is 0 Å². The number of hydrogen-bond donors (Lipinski definition) is 0. The minimum absolute atomic E-state index is 0.324. The van der Waals surface area contributed by atoms with Gasteiger partial charge in [0.25, 0.3) is 8.32 Å². The van der Waals surface area contributed by atoms with Crippen molar-refractivity contribution in [1.29, 1.82) is 5.26 Å². The zero-order valence-electron chi connectivity index (χ0n) is 6.59. The van der Waals surface area contributed by atoms with Gasteiger partial charge in [0.15, 0.2) is 0 Å². The van der Waals surface area contributed by atoms with E-state index in [0.717, 1.165) is 0 Å². The summed E-state index contributed by atoms with van der Waals surface area (Å²) >= 11 is 0. The fraction of sp³-hybridized carbons (Fsp3) is 0.667. The first kappa shape index (κ1) is 9.18. The van der Waals surface area contributed by atoms with Gasteiger partial charge in [-0.1, -0.05) is 0 Å². The number of rotatable bonds is 3. The average Bonchev–Trinajstić information content (AvgIpc) is 1.78. The van der Waals surface area contributed by atoms with Crippen molar-refractivity contribution in [3.05, 3.63) is 0 Å². The van der Waals surface area contributed by atoms with Crippen LogP contribution in [-0.4, -0.2) is 14.5 Å². The number of nitrogens with zero attached hydrogens (tertiary/aromatic N) is 2. The van der Waals surface area contributed by atoms with Crippen LogP contribution in [0.5, 0.6) is 0 Å². The van der Waals surface area contributed by atoms with Gasteiger partial charge in [-0.3, -0.25) is 0 Å². The molecule has 0 unspecified atom stereocenters. The van der Waals surface area contributed by atoms with Crippen LogP contribution < -0.4 is 0 Å². The first-order chi connectivity index (χ1) is 4.56. The maximum Gasteiger partial charge on any atom is 0.278 e. The summed E-state index contributed by atoms with van der Waals surface area (Å²) in [5, 5.41) is 11.8. The molecule has 0 amide bonds. The van der Waals surface area contributed by atoms with Crippen LogP contribution in [0.4, 0.5) is 0 Å². The van der Waals surface area contributed by atoms with Crippen LogP contribution in [-0.2, 0) is 4.53 Å². The van der Waals surface area contributed by atoms with E-state index in [1.165, 1.54) is 6.21 Å². The van der Waals surface area contributed by atoms with Gasteiger partial charge in [0.2, 0.25) is 0 Å². The van der Waals surface area contributed by atoms with E-state index in [2.05, 4.69) is 5.16 Å². The van der Waals surface area contributed by atoms with Gasteiger partial charge in [-0.05, 0) is 19.6 Å². The van der Waals surface area contributed by atoms with Crippen molar-refractivity contribution in [3.63, 3.8) is 0 Å². The molecule has 0 aromatic rings. The molecule has 0 aromatic carbocycles. The molecule has 0 heterocycles. The summed E-state index contributed by atoms with van der Waals surface area (Å²) in [5.74, 6) is 0. The molecule has 10 heavy (non-hydrogen) atoms. The second kappa shape index (κ2) is 4.07. The van der Waals surface area contributed by atoms with E-state index in [1.807, 2.05) is 25.7 Å². The smallest absolute Gasteiger partial charge is 0.278 e. The molecule has 4 heteroatoms. The minimum Gasteiger partial charge on any atom is -0.456 e. The molecule has 0 fully saturated rings. The zero-order chi connectivity index (χ0) is 8.04. The topological polar surface area (TPSA) is 45.4 Å². The van der Waals surface area contributed by atoms with Gasteiger partial charge in [-0.15, -0.1) is 5.16 Å². The molecule has 0 spiro atoms. The van der Waals surface area contributed by atoms with Crippen LogP contribution in [0.3, 0.4) is 0 Å². The summed E-state index contributed by atoms with van der Waals surface area (Å²) in [6.45, 7) is 6.12. The van der Waals surface area contributed by atoms with Crippen molar-refractivity contribution in [1.82, 2.24) is 0 Å². The Balaban J connectivity index is 3.46. The highest BCUT2D eigenvalue weighted by Crippen LogP contribution is 2.01. The van der Waals surface area contributed by atoms with Gasteiger partial charge in [0.05, 0.1) is 18.7 Å². The molecular formula is C6H12N2OSi. The quantitative estimate of drug-likeness (QED) is 0.355. The van der Waals surface area contributed by atoms with Gasteiger partial charge in [0.1, 0.15) is 0 Å². The average molecular weight is 156 g/mol. The van der Waals surface area contributed by atoms with E-state index in [9.17, 15) is 0 Å². The molecule has 0 saturated carbocycles. The lowest BCUT2D eigenvalue weighted by Gasteiger charge is -2.11. The highest BCUT2D eigenvalue weighted by Gasteiger charge is 2.14. The SMILES string of the molecule is C[Si](C)(C)O/N=C/CC#N. The van der Waals surface area contributed by atoms with Crippen LogP contribution in [0, 0.1) is 11.3 Å². The van der Waals surface area contributed by atoms with Crippen molar-refractivity contribution in [3.8, 4) is 6.07 Å². The third-order valence-corrected chi connectivity index (χ3v) is 1.24. The summed E-state index contributed by atoms with van der Waals surface area (Å²) < 4.78 is 5.09. The Bertz CT molecular complexity index is 154. The van der Waals surface area contributed by atoms with Gasteiger partial charge in [-0.25, -0.2) is 0 Å². The summed E-state index contributed by atoms with van der Waals surface area (Å²) in [6.07, 6.45) is 1.81. The van der Waals surface area contributed by atoms with Crippen molar-refractivity contribution in [2.75, 3.05) is 0 Å². The second-order valence-electron chi connectivity index (χ2n) is 2.85. The predicted molar refractivity (Wildman–Crippen MR) is 43.2 cm³/mol. The van der Waals surface area contributed by atoms with Crippen LogP contribution in [0.2, 0.25) is 19.6 Å². The van der Waals surface area contributed by atoms with E-state index < -0.39 is 8.32 Å². The van der Waals surface area contributed by atoms with Crippen LogP contribution in [0.1, 0.15) is 6.42 Å². The molecule has 0 aliphatic heterocycles. The third kappa shape index (κ3) is 7.18. The Kier molecular flexibility index (Phi) is 3.73. The molecule has 0 aromatic heterocycles. The highest BCUT2D eigenvalue weighted by molar-refractivity contribution is 6.69. The zero-order valence-corrected chi connectivity index (χ0v) is 7.59. The molecule has 0 N–H and O–H groups in total. The van der Waals surface area contributed by atoms with E-state index in [-0.39, 0.29) is 0 Å². The van der Waals surface area contributed by atoms with Gasteiger partial charge in [0, 0.05) is 0 Å². The lowest BCUT2D eigenvalue weighted by Crippen LogP contribution is -2.22. The lowest BCUT2D eigenvalue weighted by molar-refractivity contribution is 0.337. The van der Waals surface area contributed by atoms with E-state index in [1.54, 1.807) is 0 Å². The summed E-state index contributed by atoms with van der Waals surface area (Å²) in [6, 6.07) is 1.94. The number of nitriles is 1. The maximum absolute atomic E-state index is 8.11. The van der Waals surface area contributed by atoms with Gasteiger partial charge < -0.3 is 4.53 Å². The molecule has 0 radical (unpaired) electrons. The fourth-order valence-electron chi connectivity index (χ4n) is 0.273. The highest BCUT2D eigenvalue weighted by atomic mass is 28.4. The first-order valence-electron chi connectivity index (χ1n) is 3.13. The van der Waals surface area contributed by atoms with Crippen molar-refractivity contribution in [2.24, 2.45) is 5.16 Å². The Morgan fingerprint density at radius 2 is 2.20 bits per heavy atom. The third-order valence-electron chi connectivity index (χ3n) is 0.584. The summed E-state index contributed by atoms with van der Waals surface area (Å²) in [7, 11) is -1.51. The molecule has 0 rings (SSSR count). The standard InChI is InChI=1S/C6H12N2OSi/c1-10(2,3)9-8-6-4-5-7/h6H,4H2,1-3H3/b8-6+. The van der Waals surface area contributed by atoms with Crippen molar-refractivity contribution >= 4 is 14.5 Å². The van der Waals surface area contributed by atoms with E-state index >= 15 is 0 Å². The number of oxime groups is 1. The molecule has 0 saturated heterocycles. The van der Waals surface area contributed by atoms with Crippen molar-refractivity contribution < 1.29 is 4.53 Å². The van der Waals surface area contributed by atoms with Gasteiger partial charge >= 0.3 is 0 Å². The van der Waals surface area contributed by atoms with Crippen molar-refractivity contribution in [2.45, 2.75) is 26.1 Å². The van der Waals surface area contributed by atoms with Gasteiger partial charge in [-0.2, -0.15) is 5.26 Å². The second-order valence-corrected chi connectivity index (χ2v) is 7.26. The largest absolute Gasteiger partial charge is 0.456 e. The Morgan fingerprint density at radius 3 is 2.60 bits per heavy atom. The number of hydrogen-bond acceptors (Lipinski definition) is 3. The fourth-order valence-corrected chi connectivity index (χ4v) is 0.664. The summed E-state index contributed by atoms with van der Waals surface area (Å²) in [5.41, 5.74) is 0. The van der Waals surface area contributed by atoms with E-state index in [4.69, 9.17) is 9.79 Å². The first-order valence-corrected chi connectivity index (χ1v) is 6.54. The maximum atomic E-state index is 8.11. The van der Waals surface area contributed by atoms with Crippen LogP contribution in [0.15, 0.2) is 5.16 Å². The molecular weight excluding hydrogens is 144 g/mol. The Morgan fingerprint density at radius 1 is 1.60 bits per heavy atom. The molecule has 0 bridgehead atoms. The predicted octanol–water partition coefficient (Wildman–Crippen LogP) is 1.74. The Labute approximate surface area is 62.4 Å². The summed E-state index contributed by atoms with van der Waals surface area (Å²) in [4.78, 5) is 0. The molecule has 56 valence electrons. The monoisotopic (exact) mass is 156 g/mol. The normalized spacial score (nSPS) is 11.4. The minimum atomic E-state index is -1.51. The lowest BCUT2D eigenvalue weighted by atomic mass is 10.5. The van der Waals surface area contributed by atoms with Crippen LogP contribution >= 0.6 is 0 Å². The Hall–Kier alpha value is -0.823. The molecule has 0 aliphatic carbocycles. The molecule has 0 aliphatic rings. The van der Waals surface area contributed by atoms with E-state index in [0.29, 0.717) is 6.42 Å².